The molecule has 1 heterocycles. The van der Waals surface area contributed by atoms with Crippen LogP contribution < -0.4 is 0 Å². The Morgan fingerprint density at radius 2 is 1.53 bits per heavy atom. The Morgan fingerprint density at radius 3 is 2.21 bits per heavy atom. The minimum atomic E-state index is 0.814. The van der Waals surface area contributed by atoms with E-state index in [-0.39, 0.29) is 0 Å². The van der Waals surface area contributed by atoms with Crippen molar-refractivity contribution in [1.82, 2.24) is 9.78 Å². The molecule has 0 radical (unpaired) electrons. The lowest BCUT2D eigenvalue weighted by atomic mass is 10.1. The molecule has 0 bridgehead atoms. The van der Waals surface area contributed by atoms with Gasteiger partial charge in [0, 0.05) is 11.8 Å². The van der Waals surface area contributed by atoms with Crippen molar-refractivity contribution >= 4 is 0 Å². The first kappa shape index (κ1) is 11.7. The molecule has 2 aromatic carbocycles. The third-order valence-electron chi connectivity index (χ3n) is 3.18. The number of aryl methyl sites for hydroxylation is 1. The van der Waals surface area contributed by atoms with Crippen LogP contribution in [0, 0.1) is 6.92 Å². The van der Waals surface area contributed by atoms with E-state index in [2.05, 4.69) is 49.5 Å². The van der Waals surface area contributed by atoms with Crippen molar-refractivity contribution in [2.45, 2.75) is 13.5 Å². The molecule has 0 amide bonds. The lowest BCUT2D eigenvalue weighted by Crippen LogP contribution is -1.99. The van der Waals surface area contributed by atoms with Crippen molar-refractivity contribution in [3.05, 3.63) is 78.0 Å². The standard InChI is InChI=1S/C17H16N2/c1-14-12-19(13-15-8-4-2-5-9-15)18-17(14)16-10-6-3-7-11-16/h2-12H,13H2,1H3. The second kappa shape index (κ2) is 5.11. The highest BCUT2D eigenvalue weighted by atomic mass is 15.3. The lowest BCUT2D eigenvalue weighted by Gasteiger charge is -2.01. The van der Waals surface area contributed by atoms with Gasteiger partial charge in [0.05, 0.1) is 12.2 Å². The van der Waals surface area contributed by atoms with Crippen LogP contribution in [0.25, 0.3) is 11.3 Å². The zero-order valence-corrected chi connectivity index (χ0v) is 11.0. The Hall–Kier alpha value is -2.35. The number of aromatic nitrogens is 2. The van der Waals surface area contributed by atoms with Gasteiger partial charge in [-0.05, 0) is 18.1 Å². The molecule has 0 aliphatic rings. The fourth-order valence-electron chi connectivity index (χ4n) is 2.25. The van der Waals surface area contributed by atoms with Crippen molar-refractivity contribution in [3.63, 3.8) is 0 Å². The Kier molecular flexibility index (Phi) is 3.15. The Bertz CT molecular complexity index is 654. The molecule has 0 aliphatic carbocycles. The molecular formula is C17H16N2. The number of hydrogen-bond acceptors (Lipinski definition) is 1. The molecular weight excluding hydrogens is 232 g/mol. The maximum atomic E-state index is 4.69. The molecule has 0 atom stereocenters. The van der Waals surface area contributed by atoms with Gasteiger partial charge in [-0.15, -0.1) is 0 Å². The summed E-state index contributed by atoms with van der Waals surface area (Å²) >= 11 is 0. The monoisotopic (exact) mass is 248 g/mol. The fourth-order valence-corrected chi connectivity index (χ4v) is 2.25. The first-order valence-electron chi connectivity index (χ1n) is 6.46. The van der Waals surface area contributed by atoms with Gasteiger partial charge in [-0.25, -0.2) is 0 Å². The summed E-state index contributed by atoms with van der Waals surface area (Å²) in [6.45, 7) is 2.92. The van der Waals surface area contributed by atoms with E-state index in [0.29, 0.717) is 0 Å². The van der Waals surface area contributed by atoms with Gasteiger partial charge in [0.15, 0.2) is 0 Å². The zero-order chi connectivity index (χ0) is 13.1. The van der Waals surface area contributed by atoms with Crippen molar-refractivity contribution in [1.29, 1.82) is 0 Å². The van der Waals surface area contributed by atoms with Crippen molar-refractivity contribution in [3.8, 4) is 11.3 Å². The molecule has 0 aliphatic heterocycles. The van der Waals surface area contributed by atoms with Gasteiger partial charge < -0.3 is 0 Å². The molecule has 2 heteroatoms. The average Bonchev–Trinajstić information content (AvgIpc) is 2.82. The molecule has 3 aromatic rings. The van der Waals surface area contributed by atoms with Crippen LogP contribution in [0.2, 0.25) is 0 Å². The van der Waals surface area contributed by atoms with E-state index in [4.69, 9.17) is 5.10 Å². The molecule has 0 N–H and O–H groups in total. The summed E-state index contributed by atoms with van der Waals surface area (Å²) in [4.78, 5) is 0. The van der Waals surface area contributed by atoms with Crippen LogP contribution in [0.4, 0.5) is 0 Å². The van der Waals surface area contributed by atoms with Crippen LogP contribution in [0.5, 0.6) is 0 Å². The summed E-state index contributed by atoms with van der Waals surface area (Å²) in [5.41, 5.74) is 4.72. The van der Waals surface area contributed by atoms with Crippen molar-refractivity contribution in [2.24, 2.45) is 0 Å². The van der Waals surface area contributed by atoms with Gasteiger partial charge in [-0.3, -0.25) is 4.68 Å². The zero-order valence-electron chi connectivity index (χ0n) is 11.0. The van der Waals surface area contributed by atoms with Gasteiger partial charge in [0.25, 0.3) is 0 Å². The van der Waals surface area contributed by atoms with E-state index in [9.17, 15) is 0 Å². The first-order valence-corrected chi connectivity index (χ1v) is 6.46. The van der Waals surface area contributed by atoms with E-state index < -0.39 is 0 Å². The number of benzene rings is 2. The average molecular weight is 248 g/mol. The van der Waals surface area contributed by atoms with Crippen LogP contribution in [-0.2, 0) is 6.54 Å². The van der Waals surface area contributed by atoms with E-state index in [1.54, 1.807) is 0 Å². The number of nitrogens with zero attached hydrogens (tertiary/aromatic N) is 2. The highest BCUT2D eigenvalue weighted by Gasteiger charge is 2.07. The summed E-state index contributed by atoms with van der Waals surface area (Å²) in [7, 11) is 0. The normalized spacial score (nSPS) is 10.6. The van der Waals surface area contributed by atoms with Crippen LogP contribution >= 0.6 is 0 Å². The highest BCUT2D eigenvalue weighted by Crippen LogP contribution is 2.21. The molecule has 0 unspecified atom stereocenters. The summed E-state index contributed by atoms with van der Waals surface area (Å²) in [5, 5.41) is 4.69. The third-order valence-corrected chi connectivity index (χ3v) is 3.18. The summed E-state index contributed by atoms with van der Waals surface area (Å²) in [5.74, 6) is 0. The topological polar surface area (TPSA) is 17.8 Å². The minimum Gasteiger partial charge on any atom is -0.267 e. The Morgan fingerprint density at radius 1 is 0.895 bits per heavy atom. The smallest absolute Gasteiger partial charge is 0.0952 e. The summed E-state index contributed by atoms with van der Waals surface area (Å²) in [6, 6.07) is 20.7. The minimum absolute atomic E-state index is 0.814. The van der Waals surface area contributed by atoms with E-state index in [1.165, 1.54) is 16.7 Å². The van der Waals surface area contributed by atoms with E-state index in [1.807, 2.05) is 28.9 Å². The predicted molar refractivity (Wildman–Crippen MR) is 77.9 cm³/mol. The Labute approximate surface area is 113 Å². The largest absolute Gasteiger partial charge is 0.267 e. The second-order valence-electron chi connectivity index (χ2n) is 4.71. The Balaban J connectivity index is 1.90. The summed E-state index contributed by atoms with van der Waals surface area (Å²) < 4.78 is 2.01. The van der Waals surface area contributed by atoms with E-state index >= 15 is 0 Å². The molecule has 3 rings (SSSR count). The van der Waals surface area contributed by atoms with Crippen molar-refractivity contribution < 1.29 is 0 Å². The molecule has 0 saturated carbocycles. The molecule has 94 valence electrons. The van der Waals surface area contributed by atoms with Gasteiger partial charge in [0.2, 0.25) is 0 Å². The van der Waals surface area contributed by atoms with Gasteiger partial charge in [-0.2, -0.15) is 5.10 Å². The summed E-state index contributed by atoms with van der Waals surface area (Å²) in [6.07, 6.45) is 2.11. The predicted octanol–water partition coefficient (Wildman–Crippen LogP) is 3.91. The highest BCUT2D eigenvalue weighted by molar-refractivity contribution is 5.62. The fraction of sp³-hybridized carbons (Fsp3) is 0.118. The van der Waals surface area contributed by atoms with Gasteiger partial charge >= 0.3 is 0 Å². The molecule has 2 nitrogen and oxygen atoms in total. The number of hydrogen-bond donors (Lipinski definition) is 0. The second-order valence-corrected chi connectivity index (χ2v) is 4.71. The third kappa shape index (κ3) is 2.58. The van der Waals surface area contributed by atoms with Gasteiger partial charge in [0.1, 0.15) is 0 Å². The first-order chi connectivity index (χ1) is 9.33. The van der Waals surface area contributed by atoms with Crippen LogP contribution in [0.15, 0.2) is 66.9 Å². The molecule has 0 fully saturated rings. The molecule has 0 saturated heterocycles. The van der Waals surface area contributed by atoms with E-state index in [0.717, 1.165) is 12.2 Å². The molecule has 1 aromatic heterocycles. The molecule has 19 heavy (non-hydrogen) atoms. The quantitative estimate of drug-likeness (QED) is 0.687. The molecule has 0 spiro atoms. The van der Waals surface area contributed by atoms with Crippen molar-refractivity contribution in [2.75, 3.05) is 0 Å². The van der Waals surface area contributed by atoms with Crippen LogP contribution in [0.1, 0.15) is 11.1 Å². The maximum Gasteiger partial charge on any atom is 0.0952 e. The van der Waals surface area contributed by atoms with Gasteiger partial charge in [-0.1, -0.05) is 60.7 Å². The maximum absolute atomic E-state index is 4.69. The lowest BCUT2D eigenvalue weighted by molar-refractivity contribution is 0.689. The van der Waals surface area contributed by atoms with Crippen LogP contribution in [0.3, 0.4) is 0 Å². The number of rotatable bonds is 3. The van der Waals surface area contributed by atoms with Crippen LogP contribution in [-0.4, -0.2) is 9.78 Å². The SMILES string of the molecule is Cc1cn(Cc2ccccc2)nc1-c1ccccc1.